The van der Waals surface area contributed by atoms with E-state index in [9.17, 15) is 4.79 Å². The van der Waals surface area contributed by atoms with Crippen molar-refractivity contribution in [1.82, 2.24) is 24.6 Å². The summed E-state index contributed by atoms with van der Waals surface area (Å²) in [5.41, 5.74) is 0.839. The van der Waals surface area contributed by atoms with Crippen molar-refractivity contribution in [3.05, 3.63) is 52.6 Å². The van der Waals surface area contributed by atoms with Crippen molar-refractivity contribution in [3.63, 3.8) is 0 Å². The van der Waals surface area contributed by atoms with Crippen LogP contribution in [-0.4, -0.2) is 69.9 Å². The number of aromatic nitrogens is 3. The summed E-state index contributed by atoms with van der Waals surface area (Å²) in [6, 6.07) is 8.52. The first-order valence-electron chi connectivity index (χ1n) is 8.84. The maximum absolute atomic E-state index is 12.1. The number of likely N-dealkylation sites (tertiary alicyclic amines) is 1. The van der Waals surface area contributed by atoms with Gasteiger partial charge in [-0.25, -0.2) is 9.67 Å². The van der Waals surface area contributed by atoms with Crippen LogP contribution in [0.3, 0.4) is 0 Å². The van der Waals surface area contributed by atoms with Crippen LogP contribution in [0.15, 0.2) is 41.5 Å². The Labute approximate surface area is 147 Å². The van der Waals surface area contributed by atoms with Crippen molar-refractivity contribution in [3.8, 4) is 0 Å². The van der Waals surface area contributed by atoms with Crippen LogP contribution in [0.5, 0.6) is 0 Å². The van der Waals surface area contributed by atoms with E-state index >= 15 is 0 Å². The minimum absolute atomic E-state index is 0.00919. The van der Waals surface area contributed by atoms with Crippen molar-refractivity contribution < 1.29 is 0 Å². The van der Waals surface area contributed by atoms with Crippen LogP contribution in [0.4, 0.5) is 5.82 Å². The van der Waals surface area contributed by atoms with Crippen LogP contribution in [0.25, 0.3) is 0 Å². The fourth-order valence-electron chi connectivity index (χ4n) is 3.68. The lowest BCUT2D eigenvalue weighted by Gasteiger charge is -2.48. The van der Waals surface area contributed by atoms with Gasteiger partial charge in [0.1, 0.15) is 5.82 Å². The molecule has 0 amide bonds. The molecule has 2 aliphatic rings. The topological polar surface area (TPSA) is 57.5 Å². The number of hydrogen-bond acceptors (Lipinski definition) is 6. The summed E-state index contributed by atoms with van der Waals surface area (Å²) in [6.45, 7) is 7.00. The van der Waals surface area contributed by atoms with Crippen molar-refractivity contribution in [1.29, 1.82) is 0 Å². The third-order valence-electron chi connectivity index (χ3n) is 5.22. The van der Waals surface area contributed by atoms with Gasteiger partial charge in [-0.2, -0.15) is 5.10 Å². The lowest BCUT2D eigenvalue weighted by atomic mass is 10.0. The van der Waals surface area contributed by atoms with E-state index in [1.165, 1.54) is 4.68 Å². The lowest BCUT2D eigenvalue weighted by molar-refractivity contribution is 0.0252. The second-order valence-electron chi connectivity index (χ2n) is 6.84. The Kier molecular flexibility index (Phi) is 4.50. The summed E-state index contributed by atoms with van der Waals surface area (Å²) in [5, 5.41) is 3.98. The summed E-state index contributed by atoms with van der Waals surface area (Å²) in [7, 11) is 1.70. The molecular weight excluding hydrogens is 316 g/mol. The Morgan fingerprint density at radius 2 is 1.88 bits per heavy atom. The molecule has 2 aliphatic heterocycles. The van der Waals surface area contributed by atoms with Gasteiger partial charge in [-0.15, -0.1) is 0 Å². The van der Waals surface area contributed by atoms with Gasteiger partial charge < -0.3 is 4.90 Å². The monoisotopic (exact) mass is 340 g/mol. The fourth-order valence-corrected chi connectivity index (χ4v) is 3.68. The number of anilines is 1. The van der Waals surface area contributed by atoms with Gasteiger partial charge in [-0.05, 0) is 18.2 Å². The molecule has 7 heteroatoms. The number of pyridine rings is 1. The molecule has 2 fully saturated rings. The predicted molar refractivity (Wildman–Crippen MR) is 96.6 cm³/mol. The first-order valence-corrected chi connectivity index (χ1v) is 8.84. The molecule has 132 valence electrons. The van der Waals surface area contributed by atoms with Crippen molar-refractivity contribution >= 4 is 5.82 Å². The molecule has 2 aromatic rings. The van der Waals surface area contributed by atoms with Gasteiger partial charge in [0.25, 0.3) is 5.56 Å². The lowest BCUT2D eigenvalue weighted by Crippen LogP contribution is -2.62. The van der Waals surface area contributed by atoms with Gasteiger partial charge in [-0.1, -0.05) is 6.07 Å². The maximum Gasteiger partial charge on any atom is 0.270 e. The van der Waals surface area contributed by atoms with E-state index in [4.69, 9.17) is 0 Å². The van der Waals surface area contributed by atoms with Crippen LogP contribution in [0, 0.1) is 0 Å². The van der Waals surface area contributed by atoms with E-state index in [1.54, 1.807) is 13.2 Å². The summed E-state index contributed by atoms with van der Waals surface area (Å²) < 4.78 is 1.41. The number of aryl methyl sites for hydroxylation is 1. The van der Waals surface area contributed by atoms with Gasteiger partial charge in [0.15, 0.2) is 0 Å². The Morgan fingerprint density at radius 3 is 2.60 bits per heavy atom. The average molecular weight is 340 g/mol. The number of nitrogens with zero attached hydrogens (tertiary/aromatic N) is 6. The molecule has 0 saturated carbocycles. The summed E-state index contributed by atoms with van der Waals surface area (Å²) >= 11 is 0. The van der Waals surface area contributed by atoms with Crippen LogP contribution in [-0.2, 0) is 13.6 Å². The summed E-state index contributed by atoms with van der Waals surface area (Å²) in [4.78, 5) is 23.8. The Hall–Kier alpha value is -2.25. The van der Waals surface area contributed by atoms with E-state index in [-0.39, 0.29) is 5.56 Å². The van der Waals surface area contributed by atoms with E-state index < -0.39 is 0 Å². The minimum atomic E-state index is 0.00919. The zero-order valence-electron chi connectivity index (χ0n) is 14.6. The highest BCUT2D eigenvalue weighted by molar-refractivity contribution is 5.38. The van der Waals surface area contributed by atoms with Crippen molar-refractivity contribution in [2.75, 3.05) is 44.2 Å². The largest absolute Gasteiger partial charge is 0.354 e. The molecule has 7 nitrogen and oxygen atoms in total. The van der Waals surface area contributed by atoms with Crippen LogP contribution < -0.4 is 10.5 Å². The number of hydrogen-bond donors (Lipinski definition) is 0. The molecule has 2 saturated heterocycles. The normalized spacial score (nSPS) is 19.8. The molecule has 0 bridgehead atoms. The predicted octanol–water partition coefficient (Wildman–Crippen LogP) is 0.182. The molecule has 0 radical (unpaired) electrons. The van der Waals surface area contributed by atoms with Gasteiger partial charge >= 0.3 is 0 Å². The molecule has 0 N–H and O–H groups in total. The standard InChI is InChI=1S/C18H24N6O/c1-21-18(25)15(5-7-20-21)12-22-13-16(14-22)23-8-10-24(11-9-23)17-4-2-3-6-19-17/h2-7,16H,8-14H2,1H3. The molecule has 0 aliphatic carbocycles. The van der Waals surface area contributed by atoms with Crippen LogP contribution >= 0.6 is 0 Å². The molecule has 0 atom stereocenters. The molecule has 0 spiro atoms. The molecule has 2 aromatic heterocycles. The van der Waals surface area contributed by atoms with E-state index in [2.05, 4.69) is 30.8 Å². The first kappa shape index (κ1) is 16.2. The third-order valence-corrected chi connectivity index (χ3v) is 5.22. The SMILES string of the molecule is Cn1nccc(CN2CC(N3CCN(c4ccccn4)CC3)C2)c1=O. The Balaban J connectivity index is 1.26. The van der Waals surface area contributed by atoms with Crippen molar-refractivity contribution in [2.24, 2.45) is 7.05 Å². The van der Waals surface area contributed by atoms with Crippen molar-refractivity contribution in [2.45, 2.75) is 12.6 Å². The smallest absolute Gasteiger partial charge is 0.270 e. The van der Waals surface area contributed by atoms with Gasteiger partial charge in [0.2, 0.25) is 0 Å². The third kappa shape index (κ3) is 3.43. The minimum Gasteiger partial charge on any atom is -0.354 e. The highest BCUT2D eigenvalue weighted by Gasteiger charge is 2.33. The second-order valence-corrected chi connectivity index (χ2v) is 6.84. The highest BCUT2D eigenvalue weighted by atomic mass is 16.1. The number of rotatable bonds is 4. The van der Waals surface area contributed by atoms with Gasteiger partial charge in [0, 0.05) is 76.9 Å². The van der Waals surface area contributed by atoms with E-state index in [0.29, 0.717) is 6.04 Å². The molecule has 25 heavy (non-hydrogen) atoms. The summed E-state index contributed by atoms with van der Waals surface area (Å²) in [6.07, 6.45) is 3.56. The van der Waals surface area contributed by atoms with Crippen LogP contribution in [0.2, 0.25) is 0 Å². The quantitative estimate of drug-likeness (QED) is 0.792. The zero-order valence-corrected chi connectivity index (χ0v) is 14.6. The molecule has 4 heterocycles. The second kappa shape index (κ2) is 6.93. The maximum atomic E-state index is 12.1. The number of piperazine rings is 1. The van der Waals surface area contributed by atoms with E-state index in [1.807, 2.05) is 24.4 Å². The average Bonchev–Trinajstić information content (AvgIpc) is 2.62. The molecular formula is C18H24N6O. The Morgan fingerprint density at radius 1 is 1.08 bits per heavy atom. The van der Waals surface area contributed by atoms with Gasteiger partial charge in [-0.3, -0.25) is 14.6 Å². The molecule has 4 rings (SSSR count). The summed E-state index contributed by atoms with van der Waals surface area (Å²) in [5.74, 6) is 1.07. The fraction of sp³-hybridized carbons (Fsp3) is 0.500. The van der Waals surface area contributed by atoms with Crippen LogP contribution in [0.1, 0.15) is 5.56 Å². The molecule has 0 unspecified atom stereocenters. The van der Waals surface area contributed by atoms with Gasteiger partial charge in [0.05, 0.1) is 0 Å². The first-order chi connectivity index (χ1) is 12.2. The molecule has 0 aromatic carbocycles. The van der Waals surface area contributed by atoms with E-state index in [0.717, 1.165) is 57.2 Å². The zero-order chi connectivity index (χ0) is 17.2. The highest BCUT2D eigenvalue weighted by Crippen LogP contribution is 2.20. The Bertz CT molecular complexity index is 763.